The Morgan fingerprint density at radius 3 is 1.53 bits per heavy atom. The van der Waals surface area contributed by atoms with Gasteiger partial charge < -0.3 is 9.13 Å². The molecule has 8 heteroatoms. The fraction of sp³-hybridized carbons (Fsp3) is 0. The molecule has 0 atom stereocenters. The van der Waals surface area contributed by atoms with Gasteiger partial charge in [0.05, 0.1) is 84.3 Å². The number of para-hydroxylation sites is 5. The standard InChI is InChI=1S/C49H30N8/c1-2-13-31(14-3-1)47-52-48(54-49(53-47)57-41-22-10-6-15-32(41)33-16-7-11-23-42(33)57)38-19-12-24-43(55-39-20-8-4-17-34(39)36-25-27-50-29-44(36)55)46(38)56-40-21-9-5-18-35(40)37-26-28-51-30-45(37)56/h1-30H/i2D,3D,4D,5D,6D,7D,8D,9D,10D,11D,13D,14D,15D,16D,17D,18D,20D,21D,22D,23D. The molecular formula is C49H30N8. The molecule has 0 spiro atoms. The monoisotopic (exact) mass is 750 g/mol. The summed E-state index contributed by atoms with van der Waals surface area (Å²) in [7, 11) is 0. The lowest BCUT2D eigenvalue weighted by Crippen LogP contribution is -2.10. The number of pyridine rings is 2. The van der Waals surface area contributed by atoms with Crippen molar-refractivity contribution in [3.8, 4) is 40.1 Å². The molecule has 0 fully saturated rings. The van der Waals surface area contributed by atoms with Crippen LogP contribution >= 0.6 is 0 Å². The van der Waals surface area contributed by atoms with Crippen molar-refractivity contribution in [3.63, 3.8) is 0 Å². The van der Waals surface area contributed by atoms with Gasteiger partial charge in [-0.1, -0.05) is 109 Å². The van der Waals surface area contributed by atoms with Crippen molar-refractivity contribution in [2.24, 2.45) is 0 Å². The Balaban J connectivity index is 1.35. The van der Waals surface area contributed by atoms with E-state index in [9.17, 15) is 6.85 Å². The van der Waals surface area contributed by atoms with Gasteiger partial charge in [-0.2, -0.15) is 9.97 Å². The third-order valence-corrected chi connectivity index (χ3v) is 9.74. The van der Waals surface area contributed by atoms with Gasteiger partial charge >= 0.3 is 0 Å². The fourth-order valence-corrected chi connectivity index (χ4v) is 7.45. The largest absolute Gasteiger partial charge is 0.306 e. The van der Waals surface area contributed by atoms with Gasteiger partial charge in [0.25, 0.3) is 0 Å². The van der Waals surface area contributed by atoms with E-state index < -0.39 is 149 Å². The SMILES string of the molecule is [2H]c1cc([2H])c([2H])c(-c2nc(-c3cccc(-n4c5cnccc5c5c([2H])c([2H])c([2H])c([2H])c54)c3-n3c4cnccc4c4c([2H])c([2H])c([2H])c([2H])c43)nc(-n3c4c([2H])c([2H])c([2H])c([2H])c4c4c([2H])c([2H])c([2H])c([2H])c43)n2)c1[2H]. The second-order valence-electron chi connectivity index (χ2n) is 12.7. The molecule has 0 saturated heterocycles. The summed E-state index contributed by atoms with van der Waals surface area (Å²) in [6.45, 7) is 0. The van der Waals surface area contributed by atoms with Crippen molar-refractivity contribution in [2.45, 2.75) is 0 Å². The molecule has 0 amide bonds. The van der Waals surface area contributed by atoms with E-state index in [-0.39, 0.29) is 72.0 Å². The van der Waals surface area contributed by atoms with Crippen LogP contribution in [0, 0.1) is 0 Å². The first-order valence-corrected chi connectivity index (χ1v) is 17.3. The van der Waals surface area contributed by atoms with E-state index in [0.29, 0.717) is 5.39 Å². The van der Waals surface area contributed by atoms with Gasteiger partial charge in [-0.25, -0.2) is 4.98 Å². The Kier molecular flexibility index (Phi) is 3.80. The lowest BCUT2D eigenvalue weighted by Gasteiger charge is -2.20. The average Bonchev–Trinajstić information content (AvgIpc) is 4.26. The highest BCUT2D eigenvalue weighted by molar-refractivity contribution is 6.12. The zero-order valence-electron chi connectivity index (χ0n) is 48.9. The summed E-state index contributed by atoms with van der Waals surface area (Å²) in [5, 5.41) is 0.0646. The quantitative estimate of drug-likeness (QED) is 0.175. The molecule has 266 valence electrons. The molecule has 0 unspecified atom stereocenters. The summed E-state index contributed by atoms with van der Waals surface area (Å²) in [5.41, 5.74) is -1.14. The third-order valence-electron chi connectivity index (χ3n) is 9.74. The molecular weight excluding hydrogens is 701 g/mol. The summed E-state index contributed by atoms with van der Waals surface area (Å²) in [4.78, 5) is 23.2. The number of aromatic nitrogens is 8. The van der Waals surface area contributed by atoms with Crippen molar-refractivity contribution < 1.29 is 27.4 Å². The Bertz CT molecular complexity index is 4620. The molecule has 6 heterocycles. The summed E-state index contributed by atoms with van der Waals surface area (Å²) in [6.07, 6.45) is 5.70. The van der Waals surface area contributed by atoms with Crippen LogP contribution < -0.4 is 0 Å². The van der Waals surface area contributed by atoms with E-state index >= 15 is 0 Å². The van der Waals surface area contributed by atoms with Crippen LogP contribution in [0.15, 0.2) is 182 Å². The van der Waals surface area contributed by atoms with Gasteiger partial charge in [0.1, 0.15) is 0 Å². The molecule has 0 bridgehead atoms. The maximum Gasteiger partial charge on any atom is 0.238 e. The smallest absolute Gasteiger partial charge is 0.238 e. The Morgan fingerprint density at radius 2 is 0.912 bits per heavy atom. The van der Waals surface area contributed by atoms with Crippen LogP contribution in [0.3, 0.4) is 0 Å². The molecule has 0 aliphatic heterocycles. The van der Waals surface area contributed by atoms with Gasteiger partial charge in [0.2, 0.25) is 5.95 Å². The number of rotatable bonds is 5. The highest BCUT2D eigenvalue weighted by atomic mass is 15.2. The molecule has 0 aliphatic rings. The maximum absolute atomic E-state index is 9.51. The summed E-state index contributed by atoms with van der Waals surface area (Å²) >= 11 is 0. The van der Waals surface area contributed by atoms with Gasteiger partial charge in [-0.15, -0.1) is 0 Å². The van der Waals surface area contributed by atoms with Crippen LogP contribution in [0.4, 0.5) is 0 Å². The highest BCUT2D eigenvalue weighted by Gasteiger charge is 2.25. The Hall–Kier alpha value is -7.97. The first-order chi connectivity index (χ1) is 36.6. The molecule has 12 rings (SSSR count). The van der Waals surface area contributed by atoms with Crippen LogP contribution in [-0.4, -0.2) is 38.6 Å². The average molecular weight is 751 g/mol. The second-order valence-corrected chi connectivity index (χ2v) is 12.7. The molecule has 57 heavy (non-hydrogen) atoms. The van der Waals surface area contributed by atoms with Crippen molar-refractivity contribution in [1.29, 1.82) is 0 Å². The van der Waals surface area contributed by atoms with E-state index in [1.54, 1.807) is 18.2 Å². The van der Waals surface area contributed by atoms with Crippen LogP contribution in [-0.2, 0) is 0 Å². The first-order valence-electron chi connectivity index (χ1n) is 27.3. The molecule has 0 radical (unpaired) electrons. The Labute approximate surface area is 353 Å². The fourth-order valence-electron chi connectivity index (χ4n) is 7.45. The van der Waals surface area contributed by atoms with E-state index in [1.807, 2.05) is 0 Å². The van der Waals surface area contributed by atoms with Crippen molar-refractivity contribution in [1.82, 2.24) is 38.6 Å². The molecule has 6 aromatic carbocycles. The zero-order valence-corrected chi connectivity index (χ0v) is 28.9. The van der Waals surface area contributed by atoms with E-state index in [2.05, 4.69) is 15.0 Å². The lowest BCUT2D eigenvalue weighted by molar-refractivity contribution is 0.950. The molecule has 6 aromatic heterocycles. The Morgan fingerprint density at radius 1 is 0.404 bits per heavy atom. The highest BCUT2D eigenvalue weighted by Crippen LogP contribution is 2.42. The number of nitrogens with zero attached hydrogens (tertiary/aromatic N) is 8. The molecule has 0 saturated carbocycles. The van der Waals surface area contributed by atoms with Gasteiger partial charge in [-0.3, -0.25) is 14.5 Å². The van der Waals surface area contributed by atoms with Crippen LogP contribution in [0.1, 0.15) is 27.4 Å². The molecule has 8 nitrogen and oxygen atoms in total. The van der Waals surface area contributed by atoms with Gasteiger partial charge in [0.15, 0.2) is 11.6 Å². The zero-order chi connectivity index (χ0) is 54.9. The normalized spacial score (nSPS) is 16.8. The first kappa shape index (κ1) is 17.7. The number of benzene rings is 6. The van der Waals surface area contributed by atoms with Gasteiger partial charge in [-0.05, 0) is 48.4 Å². The van der Waals surface area contributed by atoms with E-state index in [4.69, 9.17) is 30.5 Å². The van der Waals surface area contributed by atoms with Gasteiger partial charge in [0, 0.05) is 55.8 Å². The molecule has 0 aliphatic carbocycles. The molecule has 12 aromatic rings. The molecule has 0 N–H and O–H groups in total. The predicted octanol–water partition coefficient (Wildman–Crippen LogP) is 11.3. The number of hydrogen-bond donors (Lipinski definition) is 0. The minimum Gasteiger partial charge on any atom is -0.306 e. The number of hydrogen-bond acceptors (Lipinski definition) is 5. The minimum absolute atomic E-state index is 0.0402. The minimum atomic E-state index is -0.767. The van der Waals surface area contributed by atoms with Crippen LogP contribution in [0.5, 0.6) is 0 Å². The summed E-state index contributed by atoms with van der Waals surface area (Å²) in [5.74, 6) is -1.62. The third kappa shape index (κ3) is 4.64. The predicted molar refractivity (Wildman–Crippen MR) is 229 cm³/mol. The van der Waals surface area contributed by atoms with E-state index in [1.165, 1.54) is 46.1 Å². The lowest BCUT2D eigenvalue weighted by atomic mass is 10.1. The second kappa shape index (κ2) is 12.3. The van der Waals surface area contributed by atoms with Crippen molar-refractivity contribution in [3.05, 3.63) is 182 Å². The van der Waals surface area contributed by atoms with Crippen molar-refractivity contribution in [2.75, 3.05) is 0 Å². The topological polar surface area (TPSA) is 79.2 Å². The number of fused-ring (bicyclic) bond motifs is 9. The van der Waals surface area contributed by atoms with Crippen molar-refractivity contribution >= 4 is 65.4 Å². The van der Waals surface area contributed by atoms with Crippen LogP contribution in [0.2, 0.25) is 0 Å². The van der Waals surface area contributed by atoms with E-state index in [0.717, 1.165) is 10.6 Å². The summed E-state index contributed by atoms with van der Waals surface area (Å²) in [6, 6.07) is -3.61. The van der Waals surface area contributed by atoms with Crippen LogP contribution in [0.25, 0.3) is 106 Å². The summed E-state index contributed by atoms with van der Waals surface area (Å²) < 4.78 is 183. The maximum atomic E-state index is 9.51.